The smallest absolute Gasteiger partial charge is 0.763 e. The van der Waals surface area contributed by atoms with E-state index in [1.165, 1.54) is 0 Å². The zero-order chi connectivity index (χ0) is 4.50. The number of hydrogen-bond acceptors (Lipinski definition) is 2. The second kappa shape index (κ2) is 3.98. The summed E-state index contributed by atoms with van der Waals surface area (Å²) in [6.07, 6.45) is 0. The van der Waals surface area contributed by atoms with E-state index in [9.17, 15) is 4.20 Å². The van der Waals surface area contributed by atoms with E-state index in [-0.39, 0.29) is 51.4 Å². The molecule has 0 bridgehead atoms. The second-order valence-electron chi connectivity index (χ2n) is 0.414. The van der Waals surface area contributed by atoms with Crippen molar-refractivity contribution in [1.82, 2.24) is 0 Å². The Balaban J connectivity index is 0. The molecule has 0 radical (unpaired) electrons. The monoisotopic (exact) mass is 156 g/mol. The van der Waals surface area contributed by atoms with Crippen molar-refractivity contribution in [3.63, 3.8) is 0 Å². The minimum atomic E-state index is -4.92. The van der Waals surface area contributed by atoms with Crippen LogP contribution in [0.4, 0.5) is 4.20 Å². The molecule has 32 valence electrons. The molecule has 0 rings (SSSR count). The van der Waals surface area contributed by atoms with Gasteiger partial charge in [0.1, 0.15) is 0 Å². The van der Waals surface area contributed by atoms with Crippen LogP contribution >= 0.6 is 18.3 Å². The van der Waals surface area contributed by atoms with Gasteiger partial charge in [0.2, 0.25) is 0 Å². The maximum atomic E-state index is 10.5. The molecule has 0 saturated carbocycles. The van der Waals surface area contributed by atoms with Crippen LogP contribution < -0.4 is 56.3 Å². The fourth-order valence-electron chi connectivity index (χ4n) is 0. The molecule has 1 unspecified atom stereocenters. The fourth-order valence-corrected chi connectivity index (χ4v) is 0. The molecule has 0 heterocycles. The van der Waals surface area contributed by atoms with Gasteiger partial charge in [0.15, 0.2) is 0 Å². The first-order valence-electron chi connectivity index (χ1n) is 0.703. The molecule has 6 heteroatoms. The normalized spacial score (nSPS) is 17.8. The Bertz CT molecular complexity index is 59.7. The Morgan fingerprint density at radius 1 is 1.83 bits per heavy atom. The van der Waals surface area contributed by atoms with Crippen molar-refractivity contribution in [3.05, 3.63) is 0 Å². The topological polar surface area (TPSA) is 40.1 Å². The zero-order valence-electron chi connectivity index (χ0n) is 3.02. The Labute approximate surface area is 81.9 Å². The molecule has 0 amide bonds. The Hall–Kier alpha value is 2.05. The predicted molar refractivity (Wildman–Crippen MR) is 14.6 cm³/mol. The van der Waals surface area contributed by atoms with Gasteiger partial charge in [-0.1, -0.05) is 0 Å². The molecule has 0 spiro atoms. The molecule has 0 N–H and O–H groups in total. The van der Waals surface area contributed by atoms with Gasteiger partial charge in [0, 0.05) is 0 Å². The van der Waals surface area contributed by atoms with Crippen molar-refractivity contribution in [2.24, 2.45) is 0 Å². The van der Waals surface area contributed by atoms with Crippen LogP contribution in [0.3, 0.4) is 0 Å². The van der Waals surface area contributed by atoms with Crippen molar-refractivity contribution in [2.75, 3.05) is 0 Å². The van der Waals surface area contributed by atoms with E-state index >= 15 is 0 Å². The molecule has 0 aliphatic heterocycles. The van der Waals surface area contributed by atoms with Gasteiger partial charge >= 0.3 is 51.4 Å². The molecular weight excluding hydrogens is 157 g/mol. The third-order valence-corrected chi connectivity index (χ3v) is 0. The van der Waals surface area contributed by atoms with E-state index in [0.29, 0.717) is 0 Å². The predicted octanol–water partition coefficient (Wildman–Crippen LogP) is -2.33. The Morgan fingerprint density at radius 2 is 1.83 bits per heavy atom. The number of rotatable bonds is 0. The summed E-state index contributed by atoms with van der Waals surface area (Å²) in [5.74, 6) is 0. The zero-order valence-corrected chi connectivity index (χ0v) is 7.79. The molecule has 0 aromatic carbocycles. The van der Waals surface area contributed by atoms with Crippen LogP contribution in [0.1, 0.15) is 0 Å². The molecule has 6 heavy (non-hydrogen) atoms. The molecule has 2 nitrogen and oxygen atoms in total. The summed E-state index contributed by atoms with van der Waals surface area (Å²) in [5, 5.41) is 0. The van der Waals surface area contributed by atoms with Gasteiger partial charge in [-0.25, -0.2) is 0 Å². The first-order valence-corrected chi connectivity index (χ1v) is 3.12. The van der Waals surface area contributed by atoms with Crippen molar-refractivity contribution < 1.29 is 65.0 Å². The largest absolute Gasteiger partial charge is 1.00 e. The standard InChI is InChI=1S/ClFHO2P.K/c1-5(2,3)4;/h(H,3,4);/q;+1/p-1. The number of halogens is 2. The third-order valence-electron chi connectivity index (χ3n) is 0. The van der Waals surface area contributed by atoms with E-state index in [1.807, 2.05) is 0 Å². The third kappa shape index (κ3) is 36.8. The van der Waals surface area contributed by atoms with E-state index < -0.39 is 7.03 Å². The minimum absolute atomic E-state index is 0. The van der Waals surface area contributed by atoms with Gasteiger partial charge in [-0.2, -0.15) is 4.20 Å². The number of hydrogen-bond donors (Lipinski definition) is 0. The first kappa shape index (κ1) is 10.9. The van der Waals surface area contributed by atoms with Gasteiger partial charge < -0.3 is 4.89 Å². The van der Waals surface area contributed by atoms with Crippen molar-refractivity contribution >= 4 is 18.3 Å². The van der Waals surface area contributed by atoms with Crippen LogP contribution in [-0.2, 0) is 4.57 Å². The summed E-state index contributed by atoms with van der Waals surface area (Å²) in [5.41, 5.74) is 0. The second-order valence-corrected chi connectivity index (χ2v) is 2.45. The van der Waals surface area contributed by atoms with E-state index in [4.69, 9.17) is 9.46 Å². The molecule has 0 fully saturated rings. The average molecular weight is 157 g/mol. The Morgan fingerprint density at radius 3 is 1.83 bits per heavy atom. The van der Waals surface area contributed by atoms with E-state index in [1.54, 1.807) is 0 Å². The summed E-state index contributed by atoms with van der Waals surface area (Å²) < 4.78 is 19.2. The van der Waals surface area contributed by atoms with Crippen LogP contribution in [-0.4, -0.2) is 0 Å². The van der Waals surface area contributed by atoms with Gasteiger partial charge in [-0.15, -0.1) is 0 Å². The molecule has 0 aromatic rings. The van der Waals surface area contributed by atoms with Crippen molar-refractivity contribution in [3.8, 4) is 0 Å². The van der Waals surface area contributed by atoms with Crippen LogP contribution in [0.15, 0.2) is 0 Å². The van der Waals surface area contributed by atoms with Crippen molar-refractivity contribution in [1.29, 1.82) is 0 Å². The molecule has 0 aliphatic rings. The van der Waals surface area contributed by atoms with Crippen LogP contribution in [0.2, 0.25) is 0 Å². The molecule has 0 aromatic heterocycles. The summed E-state index contributed by atoms with van der Waals surface area (Å²) >= 11 is 3.86. The van der Waals surface area contributed by atoms with Crippen molar-refractivity contribution in [2.45, 2.75) is 0 Å². The maximum absolute atomic E-state index is 10.5. The quantitative estimate of drug-likeness (QED) is 0.292. The van der Waals surface area contributed by atoms with Gasteiger partial charge in [-0.3, -0.25) is 4.57 Å². The van der Waals surface area contributed by atoms with Gasteiger partial charge in [-0.05, 0) is 11.2 Å². The van der Waals surface area contributed by atoms with Gasteiger partial charge in [0.05, 0.1) is 0 Å². The first-order chi connectivity index (χ1) is 2.00. The SMILES string of the molecule is O=P([O-])(F)Cl.[K+]. The van der Waals surface area contributed by atoms with E-state index in [2.05, 4.69) is 11.2 Å². The van der Waals surface area contributed by atoms with Crippen LogP contribution in [0, 0.1) is 0 Å². The molecule has 0 saturated heterocycles. The minimum Gasteiger partial charge on any atom is -0.763 e. The average Bonchev–Trinajstić information content (AvgIpc) is 0.722. The summed E-state index contributed by atoms with van der Waals surface area (Å²) in [6.45, 7) is 0. The molecular formula is ClFKO2P. The van der Waals surface area contributed by atoms with Crippen LogP contribution in [0.5, 0.6) is 0 Å². The fraction of sp³-hybridized carbons (Fsp3) is 0. The van der Waals surface area contributed by atoms with Crippen LogP contribution in [0.25, 0.3) is 0 Å². The summed E-state index contributed by atoms with van der Waals surface area (Å²) in [7, 11) is -4.92. The molecule has 1 atom stereocenters. The van der Waals surface area contributed by atoms with Gasteiger partial charge in [0.25, 0.3) is 7.03 Å². The summed E-state index contributed by atoms with van der Waals surface area (Å²) in [4.78, 5) is 8.76. The molecule has 0 aliphatic carbocycles. The maximum Gasteiger partial charge on any atom is 1.00 e. The summed E-state index contributed by atoms with van der Waals surface area (Å²) in [6, 6.07) is 0. The Kier molecular flexibility index (Phi) is 7.25. The van der Waals surface area contributed by atoms with E-state index in [0.717, 1.165) is 0 Å².